The minimum absolute atomic E-state index is 0.156. The highest BCUT2D eigenvalue weighted by Gasteiger charge is 2.15. The first-order chi connectivity index (χ1) is 15.5. The number of fused-ring (bicyclic) bond motifs is 1. The molecule has 7 nitrogen and oxygen atoms in total. The number of hydrogen-bond donors (Lipinski definition) is 1. The van der Waals surface area contributed by atoms with Crippen LogP contribution < -0.4 is 10.1 Å². The molecule has 0 unspecified atom stereocenters. The number of allylic oxidation sites excluding steroid dienone is 1. The van der Waals surface area contributed by atoms with Crippen molar-refractivity contribution in [2.75, 3.05) is 11.1 Å². The molecule has 0 saturated carbocycles. The lowest BCUT2D eigenvalue weighted by molar-refractivity contribution is -0.113. The molecule has 0 saturated heterocycles. The number of carbonyl (C=O) groups excluding carboxylic acids is 1. The minimum atomic E-state index is -0.156. The van der Waals surface area contributed by atoms with Crippen LogP contribution in [-0.2, 0) is 17.9 Å². The molecule has 0 aliphatic carbocycles. The number of ether oxygens (including phenoxy) is 1. The molecule has 4 rings (SSSR count). The van der Waals surface area contributed by atoms with Gasteiger partial charge in [0, 0.05) is 11.6 Å². The van der Waals surface area contributed by atoms with E-state index >= 15 is 0 Å². The van der Waals surface area contributed by atoms with Crippen molar-refractivity contribution in [1.82, 2.24) is 19.7 Å². The third-order valence-electron chi connectivity index (χ3n) is 4.48. The van der Waals surface area contributed by atoms with Crippen LogP contribution >= 0.6 is 34.7 Å². The molecular weight excluding hydrogens is 466 g/mol. The molecule has 2 aromatic heterocycles. The fourth-order valence-electron chi connectivity index (χ4n) is 2.91. The highest BCUT2D eigenvalue weighted by Crippen LogP contribution is 2.26. The smallest absolute Gasteiger partial charge is 0.236 e. The zero-order chi connectivity index (χ0) is 22.5. The lowest BCUT2D eigenvalue weighted by atomic mass is 10.2. The zero-order valence-corrected chi connectivity index (χ0v) is 19.6. The van der Waals surface area contributed by atoms with Gasteiger partial charge in [-0.25, -0.2) is 4.98 Å². The van der Waals surface area contributed by atoms with Crippen molar-refractivity contribution in [2.24, 2.45) is 0 Å². The van der Waals surface area contributed by atoms with Gasteiger partial charge >= 0.3 is 0 Å². The van der Waals surface area contributed by atoms with Crippen molar-refractivity contribution in [1.29, 1.82) is 0 Å². The lowest BCUT2D eigenvalue weighted by Crippen LogP contribution is -2.14. The van der Waals surface area contributed by atoms with Gasteiger partial charge in [0.2, 0.25) is 5.91 Å². The summed E-state index contributed by atoms with van der Waals surface area (Å²) >= 11 is 8.81. The SMILES string of the molecule is C=CCn1c(COc2ccc(Cl)c(C)c2)nnc1SCC(=O)Nc1nc2ccccc2s1. The predicted molar refractivity (Wildman–Crippen MR) is 130 cm³/mol. The van der Waals surface area contributed by atoms with Crippen LogP contribution in [0, 0.1) is 6.92 Å². The number of nitrogens with one attached hydrogen (secondary N) is 1. The molecule has 0 spiro atoms. The molecule has 0 aliphatic heterocycles. The summed E-state index contributed by atoms with van der Waals surface area (Å²) in [6.45, 7) is 6.47. The van der Waals surface area contributed by atoms with Gasteiger partial charge in [-0.05, 0) is 42.8 Å². The maximum atomic E-state index is 12.4. The molecule has 0 radical (unpaired) electrons. The fraction of sp³-hybridized carbons (Fsp3) is 0.182. The number of aryl methyl sites for hydroxylation is 1. The Morgan fingerprint density at radius 2 is 2.16 bits per heavy atom. The van der Waals surface area contributed by atoms with Gasteiger partial charge in [-0.2, -0.15) is 0 Å². The molecule has 2 aromatic carbocycles. The number of amides is 1. The summed E-state index contributed by atoms with van der Waals surface area (Å²) in [6.07, 6.45) is 1.75. The normalized spacial score (nSPS) is 10.9. The summed E-state index contributed by atoms with van der Waals surface area (Å²) in [7, 11) is 0. The zero-order valence-electron chi connectivity index (χ0n) is 17.2. The molecule has 10 heteroatoms. The van der Waals surface area contributed by atoms with Crippen molar-refractivity contribution in [3.05, 3.63) is 71.5 Å². The number of thiazole rings is 1. The Kier molecular flexibility index (Phi) is 7.09. The van der Waals surface area contributed by atoms with E-state index in [1.807, 2.05) is 47.9 Å². The van der Waals surface area contributed by atoms with Crippen LogP contribution in [0.2, 0.25) is 5.02 Å². The van der Waals surface area contributed by atoms with Crippen molar-refractivity contribution >= 4 is 56.0 Å². The summed E-state index contributed by atoms with van der Waals surface area (Å²) in [5, 5.41) is 13.2. The number of carbonyl (C=O) groups is 1. The number of benzene rings is 2. The number of thioether (sulfide) groups is 1. The molecule has 32 heavy (non-hydrogen) atoms. The highest BCUT2D eigenvalue weighted by molar-refractivity contribution is 7.99. The van der Waals surface area contributed by atoms with Crippen LogP contribution in [0.5, 0.6) is 5.75 Å². The first-order valence-electron chi connectivity index (χ1n) is 9.73. The Morgan fingerprint density at radius 3 is 2.94 bits per heavy atom. The minimum Gasteiger partial charge on any atom is -0.486 e. The Balaban J connectivity index is 1.38. The van der Waals surface area contributed by atoms with Gasteiger partial charge in [0.1, 0.15) is 12.4 Å². The summed E-state index contributed by atoms with van der Waals surface area (Å²) in [6, 6.07) is 13.2. The monoisotopic (exact) mass is 485 g/mol. The van der Waals surface area contributed by atoms with Crippen molar-refractivity contribution in [3.8, 4) is 5.75 Å². The van der Waals surface area contributed by atoms with E-state index < -0.39 is 0 Å². The number of rotatable bonds is 9. The molecule has 0 aliphatic rings. The van der Waals surface area contributed by atoms with Crippen LogP contribution in [0.15, 0.2) is 60.3 Å². The summed E-state index contributed by atoms with van der Waals surface area (Å²) in [4.78, 5) is 16.9. The van der Waals surface area contributed by atoms with Crippen molar-refractivity contribution in [3.63, 3.8) is 0 Å². The molecule has 1 amide bonds. The number of hydrogen-bond acceptors (Lipinski definition) is 7. The molecule has 2 heterocycles. The maximum absolute atomic E-state index is 12.4. The third kappa shape index (κ3) is 5.29. The second-order valence-corrected chi connectivity index (χ2v) is 9.20. The quantitative estimate of drug-likeness (QED) is 0.254. The Morgan fingerprint density at radius 1 is 1.31 bits per heavy atom. The van der Waals surface area contributed by atoms with Crippen molar-refractivity contribution < 1.29 is 9.53 Å². The highest BCUT2D eigenvalue weighted by atomic mass is 35.5. The number of aromatic nitrogens is 4. The first kappa shape index (κ1) is 22.3. The average Bonchev–Trinajstić information content (AvgIpc) is 3.36. The molecule has 164 valence electrons. The van der Waals surface area contributed by atoms with Gasteiger partial charge in [-0.1, -0.05) is 52.9 Å². The molecule has 0 bridgehead atoms. The van der Waals surface area contributed by atoms with E-state index in [4.69, 9.17) is 16.3 Å². The predicted octanol–water partition coefficient (Wildman–Crippen LogP) is 5.35. The van der Waals surface area contributed by atoms with E-state index in [0.29, 0.717) is 33.4 Å². The molecule has 1 N–H and O–H groups in total. The van der Waals surface area contributed by atoms with Crippen LogP contribution in [-0.4, -0.2) is 31.4 Å². The van der Waals surface area contributed by atoms with Crippen LogP contribution in [0.1, 0.15) is 11.4 Å². The number of para-hydroxylation sites is 1. The first-order valence-corrected chi connectivity index (χ1v) is 11.9. The standard InChI is InChI=1S/C22H20ClN5O2S2/c1-3-10-28-19(12-30-15-8-9-16(23)14(2)11-15)26-27-22(28)31-13-20(29)25-21-24-17-6-4-5-7-18(17)32-21/h3-9,11H,1,10,12-13H2,2H3,(H,24,25,29). The molecular formula is C22H20ClN5O2S2. The maximum Gasteiger partial charge on any atom is 0.236 e. The van der Waals surface area contributed by atoms with Gasteiger partial charge < -0.3 is 10.1 Å². The van der Waals surface area contributed by atoms with E-state index in [1.165, 1.54) is 23.1 Å². The van der Waals surface area contributed by atoms with Gasteiger partial charge in [-0.3, -0.25) is 9.36 Å². The van der Waals surface area contributed by atoms with Gasteiger partial charge in [-0.15, -0.1) is 16.8 Å². The largest absolute Gasteiger partial charge is 0.486 e. The van der Waals surface area contributed by atoms with E-state index in [9.17, 15) is 4.79 Å². The van der Waals surface area contributed by atoms with E-state index in [2.05, 4.69) is 27.1 Å². The van der Waals surface area contributed by atoms with E-state index in [1.54, 1.807) is 12.1 Å². The molecule has 0 atom stereocenters. The topological polar surface area (TPSA) is 81.9 Å². The summed E-state index contributed by atoms with van der Waals surface area (Å²) < 4.78 is 8.76. The lowest BCUT2D eigenvalue weighted by Gasteiger charge is -2.10. The Labute approximate surface area is 198 Å². The fourth-order valence-corrected chi connectivity index (χ4v) is 4.68. The van der Waals surface area contributed by atoms with Crippen molar-refractivity contribution in [2.45, 2.75) is 25.2 Å². The number of anilines is 1. The summed E-state index contributed by atoms with van der Waals surface area (Å²) in [5.41, 5.74) is 1.80. The average molecular weight is 486 g/mol. The van der Waals surface area contributed by atoms with Crippen LogP contribution in [0.25, 0.3) is 10.2 Å². The van der Waals surface area contributed by atoms with Gasteiger partial charge in [0.25, 0.3) is 0 Å². The van der Waals surface area contributed by atoms with Crippen LogP contribution in [0.4, 0.5) is 5.13 Å². The second kappa shape index (κ2) is 10.2. The van der Waals surface area contributed by atoms with E-state index in [0.717, 1.165) is 15.8 Å². The molecule has 4 aromatic rings. The molecule has 0 fully saturated rings. The Hall–Kier alpha value is -2.88. The third-order valence-corrected chi connectivity index (χ3v) is 6.82. The summed E-state index contributed by atoms with van der Waals surface area (Å²) in [5.74, 6) is 1.37. The van der Waals surface area contributed by atoms with Gasteiger partial charge in [0.15, 0.2) is 16.1 Å². The Bertz CT molecular complexity index is 1240. The number of nitrogens with zero attached hydrogens (tertiary/aromatic N) is 4. The van der Waals surface area contributed by atoms with Crippen LogP contribution in [0.3, 0.4) is 0 Å². The number of halogens is 1. The van der Waals surface area contributed by atoms with Gasteiger partial charge in [0.05, 0.1) is 16.0 Å². The van der Waals surface area contributed by atoms with E-state index in [-0.39, 0.29) is 18.3 Å². The second-order valence-electron chi connectivity index (χ2n) is 6.82.